The maximum Gasteiger partial charge on any atom is 0.302 e. The minimum atomic E-state index is -3.86. The average Bonchev–Trinajstić information content (AvgIpc) is 3.17. The minimum absolute atomic E-state index is 0.0590. The van der Waals surface area contributed by atoms with E-state index in [2.05, 4.69) is 23.7 Å². The number of nitrogens with one attached hydrogen (secondary N) is 1. The molecule has 0 spiro atoms. The summed E-state index contributed by atoms with van der Waals surface area (Å²) in [4.78, 5) is 10.9. The van der Waals surface area contributed by atoms with Crippen molar-refractivity contribution in [3.8, 4) is 16.9 Å². The Morgan fingerprint density at radius 1 is 1.38 bits per heavy atom. The zero-order valence-corrected chi connectivity index (χ0v) is 15.5. The summed E-state index contributed by atoms with van der Waals surface area (Å²) in [5.74, 6) is 0.402. The van der Waals surface area contributed by atoms with Gasteiger partial charge in [-0.2, -0.15) is 18.2 Å². The van der Waals surface area contributed by atoms with Crippen LogP contribution in [0.25, 0.3) is 11.1 Å². The Kier molecular flexibility index (Phi) is 5.01. The van der Waals surface area contributed by atoms with Gasteiger partial charge in [-0.15, -0.1) is 0 Å². The number of carbonyl (C=O) groups is 1. The van der Waals surface area contributed by atoms with Gasteiger partial charge in [0.1, 0.15) is 12.0 Å². The van der Waals surface area contributed by atoms with Crippen molar-refractivity contribution in [3.05, 3.63) is 30.6 Å². The highest BCUT2D eigenvalue weighted by atomic mass is 32.2. The first-order valence-electron chi connectivity index (χ1n) is 8.41. The van der Waals surface area contributed by atoms with Crippen molar-refractivity contribution < 1.29 is 18.3 Å². The second-order valence-corrected chi connectivity index (χ2v) is 8.40. The van der Waals surface area contributed by atoms with Gasteiger partial charge in [0, 0.05) is 18.3 Å². The second-order valence-electron chi connectivity index (χ2n) is 6.77. The van der Waals surface area contributed by atoms with Gasteiger partial charge >= 0.3 is 10.2 Å². The van der Waals surface area contributed by atoms with Gasteiger partial charge in [0.15, 0.2) is 0 Å². The topological polar surface area (TPSA) is 105 Å². The van der Waals surface area contributed by atoms with Crippen LogP contribution < -0.4 is 9.03 Å². The highest BCUT2D eigenvalue weighted by Crippen LogP contribution is 2.35. The molecule has 26 heavy (non-hydrogen) atoms. The van der Waals surface area contributed by atoms with Crippen molar-refractivity contribution in [3.63, 3.8) is 0 Å². The zero-order chi connectivity index (χ0) is 18.9. The van der Waals surface area contributed by atoms with Crippen LogP contribution in [0.15, 0.2) is 30.6 Å². The minimum Gasteiger partial charge on any atom is -0.506 e. The first-order chi connectivity index (χ1) is 12.3. The molecule has 0 aliphatic carbocycles. The molecule has 0 bridgehead atoms. The number of phenols is 1. The van der Waals surface area contributed by atoms with Crippen molar-refractivity contribution in [2.24, 2.45) is 5.92 Å². The number of nitrogens with zero attached hydrogens (tertiary/aromatic N) is 3. The molecule has 0 saturated carbocycles. The number of aryl methyl sites for hydroxylation is 1. The van der Waals surface area contributed by atoms with Crippen molar-refractivity contribution in [2.75, 3.05) is 10.8 Å². The van der Waals surface area contributed by atoms with Crippen LogP contribution in [0.1, 0.15) is 20.3 Å². The number of aromatic nitrogens is 2. The maximum absolute atomic E-state index is 12.2. The van der Waals surface area contributed by atoms with Gasteiger partial charge in [-0.3, -0.25) is 8.99 Å². The molecular formula is C17H22N4O4S. The third-order valence-corrected chi connectivity index (χ3v) is 5.79. The van der Waals surface area contributed by atoms with Gasteiger partial charge in [0.25, 0.3) is 0 Å². The number of benzene rings is 1. The summed E-state index contributed by atoms with van der Waals surface area (Å²) >= 11 is 0. The molecule has 1 fully saturated rings. The smallest absolute Gasteiger partial charge is 0.302 e. The summed E-state index contributed by atoms with van der Waals surface area (Å²) < 4.78 is 29.5. The van der Waals surface area contributed by atoms with Gasteiger partial charge in [-0.1, -0.05) is 19.9 Å². The molecule has 9 heteroatoms. The fourth-order valence-electron chi connectivity index (χ4n) is 2.80. The van der Waals surface area contributed by atoms with Gasteiger partial charge in [0.2, 0.25) is 0 Å². The van der Waals surface area contributed by atoms with Gasteiger partial charge in [-0.05, 0) is 30.0 Å². The third-order valence-electron chi connectivity index (χ3n) is 4.26. The standard InChI is InChI=1S/C17H22N4O4S/c1-12(2)5-6-20-9-14(8-18-20)13-3-4-17(23)16(7-13)21-10-15(11-22)19-26(21,24)25/h3-4,7-9,11-12,15,19,23H,5-6,10H2,1-2H3. The number of hydrogen-bond acceptors (Lipinski definition) is 5. The van der Waals surface area contributed by atoms with Gasteiger partial charge in [-0.25, -0.2) is 0 Å². The summed E-state index contributed by atoms with van der Waals surface area (Å²) in [6.45, 7) is 5.03. The lowest BCUT2D eigenvalue weighted by atomic mass is 10.1. The number of hydrogen-bond donors (Lipinski definition) is 2. The van der Waals surface area contributed by atoms with Crippen LogP contribution in [0.5, 0.6) is 5.75 Å². The van der Waals surface area contributed by atoms with E-state index in [0.29, 0.717) is 12.2 Å². The molecule has 140 valence electrons. The molecule has 1 atom stereocenters. The second kappa shape index (κ2) is 7.08. The molecule has 2 aromatic rings. The monoisotopic (exact) mass is 378 g/mol. The molecule has 0 radical (unpaired) electrons. The van der Waals surface area contributed by atoms with Crippen molar-refractivity contribution >= 4 is 22.2 Å². The predicted octanol–water partition coefficient (Wildman–Crippen LogP) is 1.52. The first-order valence-corrected chi connectivity index (χ1v) is 9.85. The quantitative estimate of drug-likeness (QED) is 0.742. The Hall–Kier alpha value is -2.39. The molecule has 2 N–H and O–H groups in total. The van der Waals surface area contributed by atoms with E-state index in [1.54, 1.807) is 18.3 Å². The van der Waals surface area contributed by atoms with E-state index in [1.165, 1.54) is 6.07 Å². The summed E-state index contributed by atoms with van der Waals surface area (Å²) in [7, 11) is -3.86. The van der Waals surface area contributed by atoms with E-state index in [-0.39, 0.29) is 18.0 Å². The predicted molar refractivity (Wildman–Crippen MR) is 98.0 cm³/mol. The van der Waals surface area contributed by atoms with E-state index in [1.807, 2.05) is 10.9 Å². The van der Waals surface area contributed by atoms with E-state index >= 15 is 0 Å². The number of aldehydes is 1. The van der Waals surface area contributed by atoms with E-state index in [4.69, 9.17) is 0 Å². The number of aromatic hydroxyl groups is 1. The lowest BCUT2D eigenvalue weighted by Gasteiger charge is -2.18. The Labute approximate surface area is 152 Å². The molecule has 8 nitrogen and oxygen atoms in total. The van der Waals surface area contributed by atoms with Crippen LogP contribution in [0, 0.1) is 5.92 Å². The molecule has 1 saturated heterocycles. The molecule has 1 unspecified atom stereocenters. The fourth-order valence-corrected chi connectivity index (χ4v) is 4.20. The van der Waals surface area contributed by atoms with Crippen molar-refractivity contribution in [1.82, 2.24) is 14.5 Å². The Balaban J connectivity index is 1.90. The van der Waals surface area contributed by atoms with E-state index in [9.17, 15) is 18.3 Å². The largest absolute Gasteiger partial charge is 0.506 e. The van der Waals surface area contributed by atoms with Crippen molar-refractivity contribution in [2.45, 2.75) is 32.9 Å². The van der Waals surface area contributed by atoms with Crippen molar-refractivity contribution in [1.29, 1.82) is 0 Å². The molecule has 1 aliphatic rings. The number of rotatable bonds is 6. The Bertz CT molecular complexity index is 907. The van der Waals surface area contributed by atoms with Crippen LogP contribution >= 0.6 is 0 Å². The van der Waals surface area contributed by atoms with E-state index < -0.39 is 16.3 Å². The fraction of sp³-hybridized carbons (Fsp3) is 0.412. The van der Waals surface area contributed by atoms with Crippen LogP contribution in [0.3, 0.4) is 0 Å². The number of carbonyl (C=O) groups excluding carboxylic acids is 1. The molecule has 1 aromatic heterocycles. The average molecular weight is 378 g/mol. The highest BCUT2D eigenvalue weighted by molar-refractivity contribution is 7.91. The summed E-state index contributed by atoms with van der Waals surface area (Å²) in [6.07, 6.45) is 5.15. The molecule has 3 rings (SSSR count). The van der Waals surface area contributed by atoms with Crippen LogP contribution in [-0.2, 0) is 21.5 Å². The number of phenolic OH excluding ortho intramolecular Hbond substituents is 1. The number of anilines is 1. The summed E-state index contributed by atoms with van der Waals surface area (Å²) in [5, 5.41) is 14.5. The normalized spacial score (nSPS) is 19.2. The Morgan fingerprint density at radius 2 is 2.15 bits per heavy atom. The van der Waals surface area contributed by atoms with Crippen LogP contribution in [-0.4, -0.2) is 42.2 Å². The third kappa shape index (κ3) is 3.73. The van der Waals surface area contributed by atoms with Crippen LogP contribution in [0.4, 0.5) is 5.69 Å². The lowest BCUT2D eigenvalue weighted by Crippen LogP contribution is -2.30. The molecule has 0 amide bonds. The summed E-state index contributed by atoms with van der Waals surface area (Å²) in [5.41, 5.74) is 1.69. The SMILES string of the molecule is CC(C)CCn1cc(-c2ccc(O)c(N3CC(C=O)NS3(=O)=O)c2)cn1. The summed E-state index contributed by atoms with van der Waals surface area (Å²) in [6, 6.07) is 3.91. The highest BCUT2D eigenvalue weighted by Gasteiger charge is 2.36. The molecule has 2 heterocycles. The lowest BCUT2D eigenvalue weighted by molar-refractivity contribution is -0.108. The van der Waals surface area contributed by atoms with Gasteiger partial charge in [0.05, 0.1) is 24.5 Å². The maximum atomic E-state index is 12.2. The molecule has 1 aromatic carbocycles. The van der Waals surface area contributed by atoms with Crippen LogP contribution in [0.2, 0.25) is 0 Å². The molecular weight excluding hydrogens is 356 g/mol. The first kappa shape index (κ1) is 18.4. The van der Waals surface area contributed by atoms with E-state index in [0.717, 1.165) is 28.4 Å². The van der Waals surface area contributed by atoms with Gasteiger partial charge < -0.3 is 9.90 Å². The molecule has 1 aliphatic heterocycles. The Morgan fingerprint density at radius 3 is 2.81 bits per heavy atom. The zero-order valence-electron chi connectivity index (χ0n) is 14.7.